The summed E-state index contributed by atoms with van der Waals surface area (Å²) < 4.78 is 6.02. The van der Waals surface area contributed by atoms with E-state index in [1.165, 1.54) is 0 Å². The molecule has 180 valence electrons. The number of anilines is 3. The number of thioether (sulfide) groups is 1. The first-order chi connectivity index (χ1) is 17.7. The van der Waals surface area contributed by atoms with Crippen LogP contribution in [0.3, 0.4) is 0 Å². The van der Waals surface area contributed by atoms with Gasteiger partial charge in [0.2, 0.25) is 0 Å². The van der Waals surface area contributed by atoms with Crippen molar-refractivity contribution in [2.75, 3.05) is 29.2 Å². The molecule has 0 radical (unpaired) electrons. The Hall–Kier alpha value is -3.81. The zero-order chi connectivity index (χ0) is 24.7. The van der Waals surface area contributed by atoms with Gasteiger partial charge in [-0.1, -0.05) is 48.0 Å². The summed E-state index contributed by atoms with van der Waals surface area (Å²) >= 11 is 7.85. The summed E-state index contributed by atoms with van der Waals surface area (Å²) in [7, 11) is 0. The molecule has 0 saturated carbocycles. The maximum Gasteiger partial charge on any atom is 0.161 e. The lowest BCUT2D eigenvalue weighted by atomic mass is 10.0. The van der Waals surface area contributed by atoms with Gasteiger partial charge in [0.25, 0.3) is 0 Å². The average Bonchev–Trinajstić information content (AvgIpc) is 2.91. The Balaban J connectivity index is 1.33. The van der Waals surface area contributed by atoms with Crippen LogP contribution in [0.5, 0.6) is 11.5 Å². The van der Waals surface area contributed by atoms with Gasteiger partial charge in [-0.3, -0.25) is 0 Å². The van der Waals surface area contributed by atoms with E-state index in [0.717, 1.165) is 57.3 Å². The minimum Gasteiger partial charge on any atom is -0.457 e. The number of rotatable bonds is 9. The van der Waals surface area contributed by atoms with Crippen molar-refractivity contribution in [2.45, 2.75) is 0 Å². The van der Waals surface area contributed by atoms with Crippen molar-refractivity contribution in [2.24, 2.45) is 0 Å². The van der Waals surface area contributed by atoms with Gasteiger partial charge in [0.15, 0.2) is 5.82 Å². The van der Waals surface area contributed by atoms with E-state index in [9.17, 15) is 0 Å². The predicted octanol–water partition coefficient (Wildman–Crippen LogP) is 7.66. The molecule has 0 atom stereocenters. The standard InChI is InChI=1S/C28H24ClN5OS/c1-36-17-16-31-26-18-23(14-15-30-26)35-22-12-10-21(11-13-22)32-28-25-5-3-2-4-24(25)27(33-34-28)19-6-8-20(29)9-7-19/h2-15,18H,16-17H2,1H3,(H,30,31)(H,32,34). The molecule has 0 aliphatic heterocycles. The van der Waals surface area contributed by atoms with E-state index in [0.29, 0.717) is 10.8 Å². The second-order valence-corrected chi connectivity index (χ2v) is 9.42. The van der Waals surface area contributed by atoms with E-state index in [2.05, 4.69) is 38.1 Å². The lowest BCUT2D eigenvalue weighted by molar-refractivity contribution is 0.482. The third-order valence-electron chi connectivity index (χ3n) is 5.50. The van der Waals surface area contributed by atoms with Gasteiger partial charge in [-0.15, -0.1) is 10.2 Å². The molecule has 0 aliphatic rings. The van der Waals surface area contributed by atoms with Gasteiger partial charge in [0, 0.05) is 51.6 Å². The summed E-state index contributed by atoms with van der Waals surface area (Å²) in [5.74, 6) is 3.97. The van der Waals surface area contributed by atoms with Crippen LogP contribution in [-0.4, -0.2) is 33.7 Å². The largest absolute Gasteiger partial charge is 0.457 e. The SMILES string of the molecule is CSCCNc1cc(Oc2ccc(Nc3nnc(-c4ccc(Cl)cc4)c4ccccc34)cc2)ccn1. The summed E-state index contributed by atoms with van der Waals surface area (Å²) in [5, 5.41) is 18.4. The normalized spacial score (nSPS) is 10.8. The Morgan fingerprint density at radius 2 is 1.64 bits per heavy atom. The van der Waals surface area contributed by atoms with E-state index in [-0.39, 0.29) is 0 Å². The lowest BCUT2D eigenvalue weighted by Crippen LogP contribution is -2.05. The molecule has 2 aromatic heterocycles. The van der Waals surface area contributed by atoms with Crippen LogP contribution in [0.1, 0.15) is 0 Å². The Morgan fingerprint density at radius 1 is 0.861 bits per heavy atom. The number of hydrogen-bond donors (Lipinski definition) is 2. The third-order valence-corrected chi connectivity index (χ3v) is 6.37. The van der Waals surface area contributed by atoms with Gasteiger partial charge in [-0.2, -0.15) is 11.8 Å². The summed E-state index contributed by atoms with van der Waals surface area (Å²) in [6, 6.07) is 27.2. The molecule has 0 saturated heterocycles. The number of nitrogens with zero attached hydrogens (tertiary/aromatic N) is 3. The number of ether oxygens (including phenoxy) is 1. The summed E-state index contributed by atoms with van der Waals surface area (Å²) in [4.78, 5) is 4.34. The fourth-order valence-corrected chi connectivity index (χ4v) is 4.18. The molecular weight excluding hydrogens is 490 g/mol. The fourth-order valence-electron chi connectivity index (χ4n) is 3.75. The van der Waals surface area contributed by atoms with Gasteiger partial charge in [0.05, 0.1) is 0 Å². The molecule has 3 aromatic carbocycles. The minimum absolute atomic E-state index is 0.687. The number of pyridine rings is 1. The van der Waals surface area contributed by atoms with Crippen LogP contribution >= 0.6 is 23.4 Å². The Labute approximate surface area is 219 Å². The number of hydrogen-bond acceptors (Lipinski definition) is 7. The quantitative estimate of drug-likeness (QED) is 0.196. The van der Waals surface area contributed by atoms with Crippen molar-refractivity contribution in [3.63, 3.8) is 0 Å². The molecule has 2 N–H and O–H groups in total. The van der Waals surface area contributed by atoms with E-state index >= 15 is 0 Å². The molecule has 8 heteroatoms. The summed E-state index contributed by atoms with van der Waals surface area (Å²) in [6.45, 7) is 0.857. The lowest BCUT2D eigenvalue weighted by Gasteiger charge is -2.12. The van der Waals surface area contributed by atoms with Gasteiger partial charge in [-0.05, 0) is 48.7 Å². The highest BCUT2D eigenvalue weighted by atomic mass is 35.5. The van der Waals surface area contributed by atoms with Gasteiger partial charge in [-0.25, -0.2) is 4.98 Å². The molecule has 0 aliphatic carbocycles. The molecule has 5 rings (SSSR count). The number of fused-ring (bicyclic) bond motifs is 1. The molecule has 0 spiro atoms. The maximum absolute atomic E-state index is 6.06. The molecule has 0 unspecified atom stereocenters. The van der Waals surface area contributed by atoms with Crippen LogP contribution in [0, 0.1) is 0 Å². The van der Waals surface area contributed by atoms with Crippen LogP contribution in [-0.2, 0) is 0 Å². The monoisotopic (exact) mass is 513 g/mol. The molecule has 6 nitrogen and oxygen atoms in total. The van der Waals surface area contributed by atoms with Gasteiger partial charge in [0.1, 0.15) is 23.0 Å². The first kappa shape index (κ1) is 23.9. The van der Waals surface area contributed by atoms with Crippen molar-refractivity contribution in [3.05, 3.63) is 96.1 Å². The summed E-state index contributed by atoms with van der Waals surface area (Å²) in [6.07, 6.45) is 3.82. The van der Waals surface area contributed by atoms with E-state index < -0.39 is 0 Å². The average molecular weight is 514 g/mol. The molecule has 2 heterocycles. The highest BCUT2D eigenvalue weighted by Crippen LogP contribution is 2.32. The number of benzene rings is 3. The first-order valence-electron chi connectivity index (χ1n) is 11.4. The zero-order valence-corrected chi connectivity index (χ0v) is 21.2. The smallest absolute Gasteiger partial charge is 0.161 e. The molecule has 36 heavy (non-hydrogen) atoms. The van der Waals surface area contributed by atoms with Gasteiger partial charge < -0.3 is 15.4 Å². The van der Waals surface area contributed by atoms with Gasteiger partial charge >= 0.3 is 0 Å². The second kappa shape index (κ2) is 11.3. The number of aromatic nitrogens is 3. The third kappa shape index (κ3) is 5.70. The predicted molar refractivity (Wildman–Crippen MR) is 151 cm³/mol. The zero-order valence-electron chi connectivity index (χ0n) is 19.6. The second-order valence-electron chi connectivity index (χ2n) is 8.00. The highest BCUT2D eigenvalue weighted by molar-refractivity contribution is 7.98. The fraction of sp³-hybridized carbons (Fsp3) is 0.107. The van der Waals surface area contributed by atoms with E-state index in [1.54, 1.807) is 18.0 Å². The molecule has 0 amide bonds. The van der Waals surface area contributed by atoms with E-state index in [4.69, 9.17) is 16.3 Å². The summed E-state index contributed by atoms with van der Waals surface area (Å²) in [5.41, 5.74) is 2.67. The Bertz CT molecular complexity index is 1460. The van der Waals surface area contributed by atoms with Crippen molar-refractivity contribution < 1.29 is 4.74 Å². The van der Waals surface area contributed by atoms with Crippen LogP contribution in [0.4, 0.5) is 17.3 Å². The molecule has 0 fully saturated rings. The van der Waals surface area contributed by atoms with Crippen molar-refractivity contribution in [1.29, 1.82) is 0 Å². The minimum atomic E-state index is 0.687. The van der Waals surface area contributed by atoms with Crippen molar-refractivity contribution in [1.82, 2.24) is 15.2 Å². The van der Waals surface area contributed by atoms with Crippen molar-refractivity contribution >= 4 is 51.5 Å². The van der Waals surface area contributed by atoms with Crippen LogP contribution in [0.2, 0.25) is 5.02 Å². The number of nitrogens with one attached hydrogen (secondary N) is 2. The van der Waals surface area contributed by atoms with Crippen LogP contribution in [0.15, 0.2) is 91.1 Å². The van der Waals surface area contributed by atoms with E-state index in [1.807, 2.05) is 78.9 Å². The topological polar surface area (TPSA) is 72.0 Å². The Kier molecular flexibility index (Phi) is 7.50. The van der Waals surface area contributed by atoms with Crippen LogP contribution < -0.4 is 15.4 Å². The number of halogens is 1. The van der Waals surface area contributed by atoms with Crippen molar-refractivity contribution in [3.8, 4) is 22.8 Å². The first-order valence-corrected chi connectivity index (χ1v) is 13.2. The molecule has 5 aromatic rings. The molecular formula is C28H24ClN5OS. The Morgan fingerprint density at radius 3 is 2.42 bits per heavy atom. The van der Waals surface area contributed by atoms with Crippen LogP contribution in [0.25, 0.3) is 22.0 Å². The highest BCUT2D eigenvalue weighted by Gasteiger charge is 2.11. The molecule has 0 bridgehead atoms. The maximum atomic E-state index is 6.06.